The minimum atomic E-state index is -1.02. The van der Waals surface area contributed by atoms with Gasteiger partial charge in [0.2, 0.25) is 5.91 Å². The van der Waals surface area contributed by atoms with Gasteiger partial charge in [-0.15, -0.1) is 0 Å². The molecule has 0 fully saturated rings. The van der Waals surface area contributed by atoms with Gasteiger partial charge in [-0.05, 0) is 6.42 Å². The largest absolute Gasteiger partial charge is 0.480 e. The van der Waals surface area contributed by atoms with Gasteiger partial charge in [0, 0.05) is 26.1 Å². The van der Waals surface area contributed by atoms with E-state index in [4.69, 9.17) is 16.1 Å². The molecule has 7 nitrogen and oxygen atoms in total. The van der Waals surface area contributed by atoms with Crippen LogP contribution in [0.1, 0.15) is 71.1 Å². The molecule has 0 unspecified atom stereocenters. The minimum Gasteiger partial charge on any atom is -0.480 e. The Kier molecular flexibility index (Phi) is 15.5. The van der Waals surface area contributed by atoms with E-state index >= 15 is 0 Å². The highest BCUT2D eigenvalue weighted by molar-refractivity contribution is 5.81. The summed E-state index contributed by atoms with van der Waals surface area (Å²) in [6, 6.07) is 0. The molecule has 0 rings (SSSR count). The number of rotatable bonds is 17. The van der Waals surface area contributed by atoms with Crippen molar-refractivity contribution < 1.29 is 19.8 Å². The molecule has 0 aromatic heterocycles. The smallest absolute Gasteiger partial charge is 0.323 e. The molecule has 7 heteroatoms. The molecule has 0 heterocycles. The highest BCUT2D eigenvalue weighted by Crippen LogP contribution is 2.11. The van der Waals surface area contributed by atoms with E-state index in [2.05, 4.69) is 6.92 Å². The molecule has 0 aromatic carbocycles. The number of carbonyl (C=O) groups is 2. The maximum Gasteiger partial charge on any atom is 0.323 e. The summed E-state index contributed by atoms with van der Waals surface area (Å²) in [5.41, 5.74) is 0. The summed E-state index contributed by atoms with van der Waals surface area (Å²) in [5.74, 6) is 4.49. The van der Waals surface area contributed by atoms with Crippen LogP contribution in [0.15, 0.2) is 0 Å². The molecule has 0 radical (unpaired) electrons. The number of aliphatic hydroxyl groups excluding tert-OH is 1. The third kappa shape index (κ3) is 14.8. The number of hydrogen-bond donors (Lipinski definition) is 3. The Labute approximate surface area is 152 Å². The van der Waals surface area contributed by atoms with Gasteiger partial charge in [-0.3, -0.25) is 15.4 Å². The highest BCUT2D eigenvalue weighted by atomic mass is 16.4. The Bertz CT molecular complexity index is 353. The molecule has 0 aliphatic heterocycles. The molecule has 0 saturated heterocycles. The SMILES string of the molecule is CCCCCCCCCCCC(=O)N(CCN(N)CCO)CC(=O)O. The number of carboxylic acid groups (broad SMARTS) is 1. The quantitative estimate of drug-likeness (QED) is 0.208. The first kappa shape index (κ1) is 23.8. The molecular weight excluding hydrogens is 322 g/mol. The van der Waals surface area contributed by atoms with Crippen molar-refractivity contribution in [2.45, 2.75) is 71.1 Å². The fourth-order valence-corrected chi connectivity index (χ4v) is 2.69. The number of carbonyl (C=O) groups excluding carboxylic acids is 1. The number of nitrogens with two attached hydrogens (primary N) is 1. The first-order valence-corrected chi connectivity index (χ1v) is 9.61. The molecule has 0 aromatic rings. The van der Waals surface area contributed by atoms with E-state index in [0.29, 0.717) is 19.5 Å². The number of hydrazine groups is 1. The fraction of sp³-hybridized carbons (Fsp3) is 0.889. The van der Waals surface area contributed by atoms with Crippen LogP contribution in [-0.4, -0.2) is 64.8 Å². The Hall–Kier alpha value is -1.18. The second-order valence-electron chi connectivity index (χ2n) is 6.55. The summed E-state index contributed by atoms with van der Waals surface area (Å²) in [6.07, 6.45) is 11.0. The minimum absolute atomic E-state index is 0.0676. The van der Waals surface area contributed by atoms with Crippen molar-refractivity contribution >= 4 is 11.9 Å². The van der Waals surface area contributed by atoms with Crippen LogP contribution in [0.3, 0.4) is 0 Å². The van der Waals surface area contributed by atoms with Crippen molar-refractivity contribution in [1.82, 2.24) is 9.91 Å². The number of aliphatic carboxylic acids is 1. The molecule has 0 saturated carbocycles. The predicted molar refractivity (Wildman–Crippen MR) is 98.9 cm³/mol. The zero-order chi connectivity index (χ0) is 18.9. The van der Waals surface area contributed by atoms with Gasteiger partial charge in [0.25, 0.3) is 0 Å². The normalized spacial score (nSPS) is 11.0. The lowest BCUT2D eigenvalue weighted by Gasteiger charge is -2.24. The number of nitrogens with zero attached hydrogens (tertiary/aromatic N) is 2. The lowest BCUT2D eigenvalue weighted by molar-refractivity contribution is -0.144. The van der Waals surface area contributed by atoms with Crippen LogP contribution in [0.2, 0.25) is 0 Å². The van der Waals surface area contributed by atoms with Crippen molar-refractivity contribution in [3.05, 3.63) is 0 Å². The molecule has 25 heavy (non-hydrogen) atoms. The standard InChI is InChI=1S/C18H37N3O4/c1-2-3-4-5-6-7-8-9-10-11-17(23)20(16-18(24)25)12-13-21(19)14-15-22/h22H,2-16,19H2,1H3,(H,24,25). The van der Waals surface area contributed by atoms with E-state index < -0.39 is 5.97 Å². The van der Waals surface area contributed by atoms with Crippen molar-refractivity contribution in [1.29, 1.82) is 0 Å². The lowest BCUT2D eigenvalue weighted by atomic mass is 10.1. The second kappa shape index (κ2) is 16.3. The summed E-state index contributed by atoms with van der Waals surface area (Å²) in [5, 5.41) is 19.1. The van der Waals surface area contributed by atoms with Crippen LogP contribution >= 0.6 is 0 Å². The van der Waals surface area contributed by atoms with Crippen LogP contribution in [0.25, 0.3) is 0 Å². The van der Waals surface area contributed by atoms with Gasteiger partial charge >= 0.3 is 5.97 Å². The summed E-state index contributed by atoms with van der Waals surface area (Å²) in [4.78, 5) is 24.5. The van der Waals surface area contributed by atoms with Gasteiger partial charge in [0.1, 0.15) is 6.54 Å². The van der Waals surface area contributed by atoms with Crippen molar-refractivity contribution in [2.24, 2.45) is 5.84 Å². The maximum absolute atomic E-state index is 12.2. The molecule has 0 bridgehead atoms. The molecule has 0 atom stereocenters. The topological polar surface area (TPSA) is 107 Å². The van der Waals surface area contributed by atoms with Gasteiger partial charge in [-0.2, -0.15) is 0 Å². The van der Waals surface area contributed by atoms with Crippen LogP contribution in [-0.2, 0) is 9.59 Å². The van der Waals surface area contributed by atoms with E-state index in [1.807, 2.05) is 0 Å². The average Bonchev–Trinajstić information content (AvgIpc) is 2.56. The third-order valence-corrected chi connectivity index (χ3v) is 4.22. The zero-order valence-corrected chi connectivity index (χ0v) is 15.8. The van der Waals surface area contributed by atoms with Crippen molar-refractivity contribution in [3.63, 3.8) is 0 Å². The van der Waals surface area contributed by atoms with Gasteiger partial charge in [0.15, 0.2) is 0 Å². The summed E-state index contributed by atoms with van der Waals surface area (Å²) in [6.45, 7) is 2.75. The number of amides is 1. The van der Waals surface area contributed by atoms with E-state index in [0.717, 1.165) is 19.3 Å². The van der Waals surface area contributed by atoms with Crippen LogP contribution in [0.4, 0.5) is 0 Å². The van der Waals surface area contributed by atoms with Crippen LogP contribution in [0.5, 0.6) is 0 Å². The Morgan fingerprint density at radius 3 is 1.96 bits per heavy atom. The number of hydrogen-bond acceptors (Lipinski definition) is 5. The van der Waals surface area contributed by atoms with Crippen LogP contribution < -0.4 is 5.84 Å². The van der Waals surface area contributed by atoms with Gasteiger partial charge in [-0.25, -0.2) is 5.01 Å². The maximum atomic E-state index is 12.2. The van der Waals surface area contributed by atoms with Gasteiger partial charge in [0.05, 0.1) is 6.61 Å². The summed E-state index contributed by atoms with van der Waals surface area (Å²) < 4.78 is 0. The first-order valence-electron chi connectivity index (χ1n) is 9.61. The number of aliphatic hydroxyl groups is 1. The summed E-state index contributed by atoms with van der Waals surface area (Å²) >= 11 is 0. The number of unbranched alkanes of at least 4 members (excludes halogenated alkanes) is 8. The Morgan fingerprint density at radius 2 is 1.44 bits per heavy atom. The van der Waals surface area contributed by atoms with Gasteiger partial charge in [-0.1, -0.05) is 58.3 Å². The Morgan fingerprint density at radius 1 is 0.880 bits per heavy atom. The van der Waals surface area contributed by atoms with Crippen molar-refractivity contribution in [2.75, 3.05) is 32.8 Å². The molecule has 0 aliphatic rings. The monoisotopic (exact) mass is 359 g/mol. The molecule has 4 N–H and O–H groups in total. The van der Waals surface area contributed by atoms with E-state index in [-0.39, 0.29) is 25.6 Å². The second-order valence-corrected chi connectivity index (χ2v) is 6.55. The van der Waals surface area contributed by atoms with Crippen LogP contribution in [0, 0.1) is 0 Å². The van der Waals surface area contributed by atoms with Crippen molar-refractivity contribution in [3.8, 4) is 0 Å². The molecule has 0 aliphatic carbocycles. The molecule has 0 spiro atoms. The fourth-order valence-electron chi connectivity index (χ4n) is 2.69. The van der Waals surface area contributed by atoms with E-state index in [9.17, 15) is 9.59 Å². The lowest BCUT2D eigenvalue weighted by Crippen LogP contribution is -2.44. The Balaban J connectivity index is 3.91. The zero-order valence-electron chi connectivity index (χ0n) is 15.8. The molecule has 1 amide bonds. The van der Waals surface area contributed by atoms with E-state index in [1.165, 1.54) is 48.4 Å². The highest BCUT2D eigenvalue weighted by Gasteiger charge is 2.16. The number of carboxylic acids is 1. The third-order valence-electron chi connectivity index (χ3n) is 4.22. The van der Waals surface area contributed by atoms with E-state index in [1.54, 1.807) is 0 Å². The average molecular weight is 360 g/mol. The molecular formula is C18H37N3O4. The molecule has 148 valence electrons. The summed E-state index contributed by atoms with van der Waals surface area (Å²) in [7, 11) is 0. The van der Waals surface area contributed by atoms with Gasteiger partial charge < -0.3 is 15.1 Å². The first-order chi connectivity index (χ1) is 12.0. The predicted octanol–water partition coefficient (Wildman–Crippen LogP) is 1.99.